The average molecular weight is 164 g/mol. The number of thiocarbonyl (C=S) groups is 2. The van der Waals surface area contributed by atoms with E-state index < -0.39 is 0 Å². The third kappa shape index (κ3) is 2.55. The summed E-state index contributed by atoms with van der Waals surface area (Å²) in [5.74, 6) is 0. The van der Waals surface area contributed by atoms with E-state index in [0.29, 0.717) is 9.77 Å². The van der Waals surface area contributed by atoms with Crippen LogP contribution in [0.15, 0.2) is 5.57 Å². The Balaban J connectivity index is 4.14. The molecule has 4 heteroatoms. The van der Waals surface area contributed by atoms with Gasteiger partial charge in [0, 0.05) is 0 Å². The molecule has 1 N–H and O–H groups in total. The van der Waals surface area contributed by atoms with Crippen molar-refractivity contribution in [1.82, 2.24) is 0 Å². The van der Waals surface area contributed by atoms with Crippen molar-refractivity contribution in [3.8, 4) is 0 Å². The lowest BCUT2D eigenvalue weighted by atomic mass is 10.4. The summed E-state index contributed by atoms with van der Waals surface area (Å²) in [6.45, 7) is -0.175. The van der Waals surface area contributed by atoms with Crippen LogP contribution in [-0.2, 0) is 0 Å². The molecule has 0 unspecified atom stereocenters. The summed E-state index contributed by atoms with van der Waals surface area (Å²) >= 11 is 12.7. The predicted octanol–water partition coefficient (Wildman–Crippen LogP) is 0.761. The second-order valence-electron chi connectivity index (χ2n) is 1.04. The fourth-order valence-corrected chi connectivity index (χ4v) is 0.693. The largest absolute Gasteiger partial charge is 0.391 e. The van der Waals surface area contributed by atoms with Crippen molar-refractivity contribution >= 4 is 46.3 Å². The minimum absolute atomic E-state index is 0.175. The smallest absolute Gasteiger partial charge is 0.0816 e. The van der Waals surface area contributed by atoms with E-state index in [-0.39, 0.29) is 6.61 Å². The first kappa shape index (κ1) is 8.27. The Morgan fingerprint density at radius 1 is 1.75 bits per heavy atom. The number of aliphatic hydroxyl groups excluding tert-OH is 1. The maximum absolute atomic E-state index is 8.39. The molecule has 0 aliphatic carbocycles. The van der Waals surface area contributed by atoms with E-state index >= 15 is 0 Å². The molecule has 0 aliphatic heterocycles. The van der Waals surface area contributed by atoms with Crippen LogP contribution in [0.5, 0.6) is 0 Å². The van der Waals surface area contributed by atoms with Gasteiger partial charge < -0.3 is 5.11 Å². The van der Waals surface area contributed by atoms with Crippen LogP contribution in [0.2, 0.25) is 0 Å². The van der Waals surface area contributed by atoms with Gasteiger partial charge in [-0.1, -0.05) is 12.2 Å². The maximum atomic E-state index is 8.39. The standard InChI is InChI=1S/C4H4OS3/c5-1-3(2-6)4(7)8/h5H,1H2,(H,7,8). The fourth-order valence-electron chi connectivity index (χ4n) is 0.144. The van der Waals surface area contributed by atoms with Gasteiger partial charge in [0.25, 0.3) is 0 Å². The fraction of sp³-hybridized carbons (Fsp3) is 0.250. The first-order valence-electron chi connectivity index (χ1n) is 1.80. The van der Waals surface area contributed by atoms with E-state index in [4.69, 9.17) is 5.11 Å². The lowest BCUT2D eigenvalue weighted by molar-refractivity contribution is 0.339. The van der Waals surface area contributed by atoms with Gasteiger partial charge in [-0.3, -0.25) is 0 Å². The summed E-state index contributed by atoms with van der Waals surface area (Å²) in [7, 11) is 0. The van der Waals surface area contributed by atoms with Crippen LogP contribution in [0.25, 0.3) is 0 Å². The highest BCUT2D eigenvalue weighted by atomic mass is 32.1. The Hall–Kier alpha value is 0.270. The number of aliphatic hydroxyl groups is 1. The molecule has 0 heterocycles. The van der Waals surface area contributed by atoms with E-state index in [0.717, 1.165) is 0 Å². The third-order valence-electron chi connectivity index (χ3n) is 0.539. The minimum atomic E-state index is -0.175. The van der Waals surface area contributed by atoms with Crippen molar-refractivity contribution in [3.05, 3.63) is 5.57 Å². The molecule has 0 rings (SSSR count). The van der Waals surface area contributed by atoms with Crippen molar-refractivity contribution in [1.29, 1.82) is 0 Å². The second kappa shape index (κ2) is 4.18. The summed E-state index contributed by atoms with van der Waals surface area (Å²) < 4.78 is 0.308. The first-order valence-corrected chi connectivity index (χ1v) is 3.07. The van der Waals surface area contributed by atoms with Crippen molar-refractivity contribution < 1.29 is 5.11 Å². The summed E-state index contributed by atoms with van der Waals surface area (Å²) in [5.41, 5.74) is 0.401. The van der Waals surface area contributed by atoms with Crippen molar-refractivity contribution in [2.24, 2.45) is 0 Å². The van der Waals surface area contributed by atoms with Crippen molar-refractivity contribution in [2.45, 2.75) is 0 Å². The van der Waals surface area contributed by atoms with Crippen LogP contribution in [0.3, 0.4) is 0 Å². The van der Waals surface area contributed by atoms with Gasteiger partial charge in [-0.05, 0) is 17.2 Å². The monoisotopic (exact) mass is 164 g/mol. The molecule has 0 bridgehead atoms. The van der Waals surface area contributed by atoms with Gasteiger partial charge in [0.1, 0.15) is 0 Å². The molecule has 0 spiro atoms. The van der Waals surface area contributed by atoms with Gasteiger partial charge in [-0.25, -0.2) is 0 Å². The van der Waals surface area contributed by atoms with Crippen LogP contribution >= 0.6 is 37.1 Å². The molecule has 0 amide bonds. The van der Waals surface area contributed by atoms with Crippen LogP contribution in [0.4, 0.5) is 0 Å². The molecule has 0 saturated heterocycles. The van der Waals surface area contributed by atoms with Gasteiger partial charge in [-0.2, -0.15) is 0 Å². The quantitative estimate of drug-likeness (QED) is 0.357. The zero-order valence-corrected chi connectivity index (χ0v) is 6.45. The Morgan fingerprint density at radius 3 is 2.25 bits per heavy atom. The van der Waals surface area contributed by atoms with E-state index in [1.807, 2.05) is 0 Å². The normalized spacial score (nSPS) is 7.75. The van der Waals surface area contributed by atoms with E-state index in [2.05, 4.69) is 42.1 Å². The van der Waals surface area contributed by atoms with Gasteiger partial charge in [-0.15, -0.1) is 12.6 Å². The molecule has 0 saturated carbocycles. The second-order valence-corrected chi connectivity index (χ2v) is 2.41. The van der Waals surface area contributed by atoms with E-state index in [9.17, 15) is 0 Å². The van der Waals surface area contributed by atoms with Gasteiger partial charge in [0.2, 0.25) is 0 Å². The molecule has 0 aromatic carbocycles. The number of hydrogen-bond donors (Lipinski definition) is 2. The average Bonchev–Trinajstić information content (AvgIpc) is 1.69. The van der Waals surface area contributed by atoms with Crippen molar-refractivity contribution in [3.63, 3.8) is 0 Å². The van der Waals surface area contributed by atoms with Gasteiger partial charge in [0.05, 0.1) is 16.4 Å². The first-order chi connectivity index (χ1) is 3.72. The number of thiol groups is 1. The van der Waals surface area contributed by atoms with E-state index in [1.165, 1.54) is 0 Å². The molecule has 44 valence electrons. The molecule has 0 atom stereocenters. The van der Waals surface area contributed by atoms with Crippen LogP contribution < -0.4 is 0 Å². The molecule has 0 aromatic rings. The molecule has 0 fully saturated rings. The zero-order chi connectivity index (χ0) is 6.57. The van der Waals surface area contributed by atoms with Crippen LogP contribution in [0.1, 0.15) is 0 Å². The molecule has 0 aliphatic rings. The molecule has 8 heavy (non-hydrogen) atoms. The molecule has 1 nitrogen and oxygen atoms in total. The maximum Gasteiger partial charge on any atom is 0.0816 e. The highest BCUT2D eigenvalue weighted by molar-refractivity contribution is 8.12. The van der Waals surface area contributed by atoms with Gasteiger partial charge in [0.15, 0.2) is 0 Å². The lowest BCUT2D eigenvalue weighted by Crippen LogP contribution is -1.96. The Kier molecular flexibility index (Phi) is 4.32. The zero-order valence-electron chi connectivity index (χ0n) is 3.92. The highest BCUT2D eigenvalue weighted by Crippen LogP contribution is 1.95. The molecular weight excluding hydrogens is 160 g/mol. The molecule has 0 radical (unpaired) electrons. The topological polar surface area (TPSA) is 20.2 Å². The van der Waals surface area contributed by atoms with Crippen LogP contribution in [0, 0.1) is 0 Å². The molecular formula is C4H4OS3. The minimum Gasteiger partial charge on any atom is -0.391 e. The van der Waals surface area contributed by atoms with Gasteiger partial charge >= 0.3 is 0 Å². The molecule has 0 aromatic heterocycles. The Morgan fingerprint density at radius 2 is 2.25 bits per heavy atom. The SMILES string of the molecule is OCC(=C=S)C(=S)S. The number of hydrogen-bond acceptors (Lipinski definition) is 3. The van der Waals surface area contributed by atoms with E-state index in [1.54, 1.807) is 0 Å². The summed E-state index contributed by atoms with van der Waals surface area (Å²) in [6, 6.07) is 0. The Bertz CT molecular complexity index is 145. The summed E-state index contributed by atoms with van der Waals surface area (Å²) in [5, 5.41) is 10.7. The predicted molar refractivity (Wildman–Crippen MR) is 44.8 cm³/mol. The summed E-state index contributed by atoms with van der Waals surface area (Å²) in [4.78, 5) is 0. The Labute approximate surface area is 63.8 Å². The van der Waals surface area contributed by atoms with Crippen LogP contribution in [-0.4, -0.2) is 20.9 Å². The summed E-state index contributed by atoms with van der Waals surface area (Å²) in [6.07, 6.45) is 0. The highest BCUT2D eigenvalue weighted by Gasteiger charge is 1.94. The number of rotatable bonds is 2. The lowest BCUT2D eigenvalue weighted by Gasteiger charge is -1.90. The van der Waals surface area contributed by atoms with Crippen molar-refractivity contribution in [2.75, 3.05) is 6.61 Å². The third-order valence-corrected chi connectivity index (χ3v) is 1.30.